The number of nitrogens with one attached hydrogen (secondary N) is 5. The molecule has 3 aromatic rings. The van der Waals surface area contributed by atoms with Crippen LogP contribution < -0.4 is 20.7 Å². The predicted octanol–water partition coefficient (Wildman–Crippen LogP) is 0.671. The van der Waals surface area contributed by atoms with E-state index in [1.54, 1.807) is 24.4 Å². The van der Waals surface area contributed by atoms with Gasteiger partial charge in [0.1, 0.15) is 10.9 Å². The lowest BCUT2D eigenvalue weighted by Gasteiger charge is -2.28. The molecule has 1 aromatic heterocycles. The van der Waals surface area contributed by atoms with Gasteiger partial charge in [0.05, 0.1) is 5.69 Å². The highest BCUT2D eigenvalue weighted by atomic mass is 32.2. The number of likely N-dealkylation sites (N-methyl/N-ethyl adjacent to an activating group) is 1. The zero-order valence-electron chi connectivity index (χ0n) is 16.1. The Labute approximate surface area is 173 Å². The molecular formula is C20H21N5O4S. The number of hydrogen-bond donors (Lipinski definition) is 5. The van der Waals surface area contributed by atoms with Gasteiger partial charge in [-0.25, -0.2) is 8.42 Å². The maximum Gasteiger partial charge on any atom is 0.259 e. The van der Waals surface area contributed by atoms with Gasteiger partial charge < -0.3 is 20.9 Å². The van der Waals surface area contributed by atoms with Crippen molar-refractivity contribution in [2.75, 3.05) is 12.4 Å². The number of H-pyrrole nitrogens is 1. The lowest BCUT2D eigenvalue weighted by atomic mass is 10.0. The lowest BCUT2D eigenvalue weighted by molar-refractivity contribution is -0.129. The molecule has 0 saturated carbocycles. The van der Waals surface area contributed by atoms with Crippen molar-refractivity contribution in [1.29, 1.82) is 0 Å². The van der Waals surface area contributed by atoms with Crippen molar-refractivity contribution < 1.29 is 18.0 Å². The third kappa shape index (κ3) is 3.74. The highest BCUT2D eigenvalue weighted by molar-refractivity contribution is 7.89. The lowest BCUT2D eigenvalue weighted by Crippen LogP contribution is -2.58. The molecule has 0 saturated heterocycles. The number of rotatable bonds is 5. The van der Waals surface area contributed by atoms with Crippen LogP contribution in [0, 0.1) is 0 Å². The van der Waals surface area contributed by atoms with E-state index < -0.39 is 28.1 Å². The molecule has 2 atom stereocenters. The summed E-state index contributed by atoms with van der Waals surface area (Å²) in [6.07, 6.45) is 0.802. The van der Waals surface area contributed by atoms with Crippen molar-refractivity contribution in [1.82, 2.24) is 20.3 Å². The summed E-state index contributed by atoms with van der Waals surface area (Å²) in [5.74, 6) is -1.03. The quantitative estimate of drug-likeness (QED) is 0.408. The number of amides is 2. The molecule has 0 spiro atoms. The van der Waals surface area contributed by atoms with Gasteiger partial charge in [0.15, 0.2) is 6.17 Å². The predicted molar refractivity (Wildman–Crippen MR) is 112 cm³/mol. The number of aromatic amines is 1. The zero-order valence-corrected chi connectivity index (χ0v) is 16.9. The van der Waals surface area contributed by atoms with Gasteiger partial charge >= 0.3 is 0 Å². The van der Waals surface area contributed by atoms with E-state index in [4.69, 9.17) is 0 Å². The number of sulfonamides is 1. The average Bonchev–Trinajstić information content (AvgIpc) is 3.15. The maximum atomic E-state index is 12.8. The summed E-state index contributed by atoms with van der Waals surface area (Å²) in [6, 6.07) is 13.1. The van der Waals surface area contributed by atoms with Crippen LogP contribution in [-0.4, -0.2) is 44.5 Å². The van der Waals surface area contributed by atoms with Gasteiger partial charge in [-0.2, -0.15) is 4.72 Å². The van der Waals surface area contributed by atoms with Gasteiger partial charge in [0, 0.05) is 30.6 Å². The first-order chi connectivity index (χ1) is 14.4. The van der Waals surface area contributed by atoms with E-state index in [1.807, 2.05) is 24.3 Å². The molecule has 2 aromatic carbocycles. The molecule has 4 rings (SSSR count). The summed E-state index contributed by atoms with van der Waals surface area (Å²) in [4.78, 5) is 28.5. The van der Waals surface area contributed by atoms with Crippen LogP contribution in [0.15, 0.2) is 59.6 Å². The number of hydrogen-bond acceptors (Lipinski definition) is 5. The second kappa shape index (κ2) is 7.81. The van der Waals surface area contributed by atoms with Crippen molar-refractivity contribution in [3.05, 3.63) is 60.3 Å². The van der Waals surface area contributed by atoms with Crippen LogP contribution in [0.1, 0.15) is 5.56 Å². The maximum absolute atomic E-state index is 12.8. The number of aromatic nitrogens is 1. The van der Waals surface area contributed by atoms with E-state index in [-0.39, 0.29) is 17.2 Å². The van der Waals surface area contributed by atoms with Crippen LogP contribution in [0.5, 0.6) is 0 Å². The van der Waals surface area contributed by atoms with Gasteiger partial charge in [-0.05, 0) is 23.8 Å². The van der Waals surface area contributed by atoms with Crippen molar-refractivity contribution in [3.63, 3.8) is 0 Å². The Bertz CT molecular complexity index is 1220. The normalized spacial score (nSPS) is 18.1. The van der Waals surface area contributed by atoms with Crippen molar-refractivity contribution in [3.8, 4) is 0 Å². The fourth-order valence-electron chi connectivity index (χ4n) is 3.50. The van der Waals surface area contributed by atoms with Crippen LogP contribution in [0.4, 0.5) is 5.69 Å². The molecule has 5 N–H and O–H groups in total. The third-order valence-electron chi connectivity index (χ3n) is 4.99. The second-order valence-corrected chi connectivity index (χ2v) is 8.62. The molecule has 2 heterocycles. The molecule has 0 fully saturated rings. The highest BCUT2D eigenvalue weighted by Gasteiger charge is 2.34. The van der Waals surface area contributed by atoms with Crippen LogP contribution >= 0.6 is 0 Å². The molecule has 10 heteroatoms. The summed E-state index contributed by atoms with van der Waals surface area (Å²) in [6.45, 7) is 0. The Hall–Kier alpha value is -3.37. The van der Waals surface area contributed by atoms with Crippen LogP contribution in [-0.2, 0) is 26.0 Å². The van der Waals surface area contributed by atoms with Gasteiger partial charge in [-0.3, -0.25) is 9.59 Å². The number of anilines is 1. The minimum absolute atomic E-state index is 0.0655. The van der Waals surface area contributed by atoms with E-state index in [0.717, 1.165) is 16.5 Å². The number of fused-ring (bicyclic) bond motifs is 2. The fourth-order valence-corrected chi connectivity index (χ4v) is 4.78. The van der Waals surface area contributed by atoms with E-state index in [2.05, 4.69) is 25.7 Å². The number of para-hydroxylation sites is 2. The first-order valence-corrected chi connectivity index (χ1v) is 10.8. The Morgan fingerprint density at radius 1 is 1.10 bits per heavy atom. The highest BCUT2D eigenvalue weighted by Crippen LogP contribution is 2.25. The smallest absolute Gasteiger partial charge is 0.259 e. The second-order valence-electron chi connectivity index (χ2n) is 6.93. The minimum atomic E-state index is -3.86. The summed E-state index contributed by atoms with van der Waals surface area (Å²) in [5, 5.41) is 9.01. The Morgan fingerprint density at radius 3 is 2.63 bits per heavy atom. The van der Waals surface area contributed by atoms with E-state index in [1.165, 1.54) is 13.1 Å². The molecule has 0 radical (unpaired) electrons. The molecule has 156 valence electrons. The zero-order chi connectivity index (χ0) is 21.3. The molecule has 30 heavy (non-hydrogen) atoms. The molecule has 0 aliphatic carbocycles. The summed E-state index contributed by atoms with van der Waals surface area (Å²) < 4.78 is 27.2. The van der Waals surface area contributed by atoms with E-state index in [9.17, 15) is 18.0 Å². The number of carbonyl (C=O) groups is 2. The summed E-state index contributed by atoms with van der Waals surface area (Å²) in [5.41, 5.74) is 2.11. The van der Waals surface area contributed by atoms with E-state index in [0.29, 0.717) is 5.69 Å². The number of carbonyl (C=O) groups excluding carboxylic acids is 2. The standard InChI is InChI=1S/C20H21N5O4S/c1-21-19(26)16(10-12-11-22-14-7-3-2-6-13(12)14)24-20(27)18-23-15-8-4-5-9-17(15)30(28,29)25-18/h2-9,11,16,18,22-23,25H,10H2,1H3,(H,21,26)(H,24,27)/t16-,18?/m0/s1. The fraction of sp³-hybridized carbons (Fsp3) is 0.200. The molecule has 0 bridgehead atoms. The Morgan fingerprint density at radius 2 is 1.83 bits per heavy atom. The Kier molecular flexibility index (Phi) is 5.18. The molecule has 2 amide bonds. The Balaban J connectivity index is 1.55. The molecular weight excluding hydrogens is 406 g/mol. The third-order valence-corrected chi connectivity index (χ3v) is 6.47. The monoisotopic (exact) mass is 427 g/mol. The van der Waals surface area contributed by atoms with Gasteiger partial charge in [-0.1, -0.05) is 30.3 Å². The topological polar surface area (TPSA) is 132 Å². The van der Waals surface area contributed by atoms with Gasteiger partial charge in [-0.15, -0.1) is 0 Å². The van der Waals surface area contributed by atoms with Crippen molar-refractivity contribution >= 4 is 38.4 Å². The van der Waals surface area contributed by atoms with Crippen molar-refractivity contribution in [2.45, 2.75) is 23.5 Å². The molecule has 9 nitrogen and oxygen atoms in total. The van der Waals surface area contributed by atoms with Gasteiger partial charge in [0.25, 0.3) is 5.91 Å². The van der Waals surface area contributed by atoms with Gasteiger partial charge in [0.2, 0.25) is 15.9 Å². The molecule has 1 aliphatic rings. The van der Waals surface area contributed by atoms with E-state index >= 15 is 0 Å². The first-order valence-electron chi connectivity index (χ1n) is 9.34. The van der Waals surface area contributed by atoms with Crippen LogP contribution in [0.2, 0.25) is 0 Å². The molecule has 1 aliphatic heterocycles. The summed E-state index contributed by atoms with van der Waals surface area (Å²) >= 11 is 0. The first kappa shape index (κ1) is 19.9. The SMILES string of the molecule is CNC(=O)[C@H](Cc1c[nH]c2ccccc12)NC(=O)C1Nc2ccccc2S(=O)(=O)N1. The van der Waals surface area contributed by atoms with Crippen LogP contribution in [0.3, 0.4) is 0 Å². The largest absolute Gasteiger partial charge is 0.361 e. The molecule has 1 unspecified atom stereocenters. The summed E-state index contributed by atoms with van der Waals surface area (Å²) in [7, 11) is -2.37. The van der Waals surface area contributed by atoms with Crippen LogP contribution in [0.25, 0.3) is 10.9 Å². The minimum Gasteiger partial charge on any atom is -0.361 e. The number of benzene rings is 2. The average molecular weight is 427 g/mol. The van der Waals surface area contributed by atoms with Crippen molar-refractivity contribution in [2.24, 2.45) is 0 Å².